The van der Waals surface area contributed by atoms with Gasteiger partial charge in [-0.25, -0.2) is 4.79 Å². The molecule has 0 saturated carbocycles. The standard InChI is InChI=1S/C24H20BrN3O5/c1-2-33-19-13-16(12-18(23(19)29)28(31)32)22-20(14-6-4-3-5-7-14)21(26-24(30)27-22)15-8-10-17(25)11-9-15/h3-13,20,22,29H,2H2,1H3,(H,27,30). The zero-order valence-electron chi connectivity index (χ0n) is 17.6. The molecule has 0 spiro atoms. The highest BCUT2D eigenvalue weighted by Gasteiger charge is 2.37. The third-order valence-corrected chi connectivity index (χ3v) is 5.89. The van der Waals surface area contributed by atoms with Gasteiger partial charge in [-0.05, 0) is 41.8 Å². The van der Waals surface area contributed by atoms with Crippen molar-refractivity contribution in [2.75, 3.05) is 6.61 Å². The molecule has 2 atom stereocenters. The van der Waals surface area contributed by atoms with Crippen LogP contribution < -0.4 is 10.1 Å². The van der Waals surface area contributed by atoms with Crippen molar-refractivity contribution in [2.45, 2.75) is 18.9 Å². The van der Waals surface area contributed by atoms with Crippen molar-refractivity contribution in [3.63, 3.8) is 0 Å². The predicted molar refractivity (Wildman–Crippen MR) is 127 cm³/mol. The number of carbonyl (C=O) groups excluding carboxylic acids is 1. The van der Waals surface area contributed by atoms with Crippen LogP contribution in [0.5, 0.6) is 11.5 Å². The van der Waals surface area contributed by atoms with Crippen LogP contribution in [0.3, 0.4) is 0 Å². The average molecular weight is 510 g/mol. The first kappa shape index (κ1) is 22.5. The number of rotatable bonds is 6. The zero-order chi connectivity index (χ0) is 23.5. The SMILES string of the molecule is CCOc1cc(C2NC(=O)N=C(c3ccc(Br)cc3)C2c2ccccc2)cc([N+](=O)[O-])c1O. The molecule has 3 aromatic rings. The number of ether oxygens (including phenoxy) is 1. The number of phenolic OH excluding ortho intramolecular Hbond substituents is 1. The number of halogens is 1. The molecule has 0 radical (unpaired) electrons. The minimum absolute atomic E-state index is 0.0181. The van der Waals surface area contributed by atoms with Crippen molar-refractivity contribution in [3.8, 4) is 11.5 Å². The second kappa shape index (κ2) is 9.41. The normalized spacial score (nSPS) is 17.8. The summed E-state index contributed by atoms with van der Waals surface area (Å²) in [5.41, 5.74) is 2.10. The highest BCUT2D eigenvalue weighted by molar-refractivity contribution is 9.10. The predicted octanol–water partition coefficient (Wildman–Crippen LogP) is 5.50. The van der Waals surface area contributed by atoms with E-state index >= 15 is 0 Å². The molecule has 2 unspecified atom stereocenters. The van der Waals surface area contributed by atoms with E-state index in [1.54, 1.807) is 6.92 Å². The molecule has 9 heteroatoms. The number of aromatic hydroxyl groups is 1. The summed E-state index contributed by atoms with van der Waals surface area (Å²) in [6.07, 6.45) is 0. The van der Waals surface area contributed by atoms with Crippen LogP contribution in [0.4, 0.5) is 10.5 Å². The number of benzene rings is 3. The second-order valence-corrected chi connectivity index (χ2v) is 8.31. The largest absolute Gasteiger partial charge is 0.500 e. The Kier molecular flexibility index (Phi) is 6.41. The lowest BCUT2D eigenvalue weighted by molar-refractivity contribution is -0.386. The van der Waals surface area contributed by atoms with Gasteiger partial charge in [-0.1, -0.05) is 58.4 Å². The Bertz CT molecular complexity index is 1230. The maximum absolute atomic E-state index is 12.6. The van der Waals surface area contributed by atoms with Gasteiger partial charge in [0.1, 0.15) is 0 Å². The lowest BCUT2D eigenvalue weighted by Crippen LogP contribution is -2.40. The molecular formula is C24H20BrN3O5. The van der Waals surface area contributed by atoms with Crippen LogP contribution in [0.1, 0.15) is 35.6 Å². The Hall–Kier alpha value is -3.72. The maximum Gasteiger partial charge on any atom is 0.341 e. The molecule has 3 aromatic carbocycles. The number of aliphatic imine (C=N–C) groups is 1. The number of phenols is 1. The third kappa shape index (κ3) is 4.58. The number of hydrogen-bond donors (Lipinski definition) is 2. The van der Waals surface area contributed by atoms with E-state index < -0.39 is 34.4 Å². The summed E-state index contributed by atoms with van der Waals surface area (Å²) < 4.78 is 6.33. The van der Waals surface area contributed by atoms with Crippen molar-refractivity contribution in [3.05, 3.63) is 98.0 Å². The van der Waals surface area contributed by atoms with E-state index in [2.05, 4.69) is 26.2 Å². The minimum Gasteiger partial charge on any atom is -0.500 e. The summed E-state index contributed by atoms with van der Waals surface area (Å²) in [5.74, 6) is -1.01. The molecule has 0 aromatic heterocycles. The zero-order valence-corrected chi connectivity index (χ0v) is 19.2. The van der Waals surface area contributed by atoms with Crippen molar-refractivity contribution >= 4 is 33.4 Å². The van der Waals surface area contributed by atoms with Crippen LogP contribution in [-0.4, -0.2) is 28.4 Å². The van der Waals surface area contributed by atoms with Crippen LogP contribution in [-0.2, 0) is 0 Å². The molecule has 33 heavy (non-hydrogen) atoms. The fourth-order valence-electron chi connectivity index (χ4n) is 3.93. The number of amides is 2. The van der Waals surface area contributed by atoms with Crippen LogP contribution >= 0.6 is 15.9 Å². The van der Waals surface area contributed by atoms with Gasteiger partial charge < -0.3 is 15.2 Å². The van der Waals surface area contributed by atoms with E-state index in [-0.39, 0.29) is 12.4 Å². The number of urea groups is 1. The van der Waals surface area contributed by atoms with Crippen molar-refractivity contribution in [1.82, 2.24) is 5.32 Å². The Labute approximate surface area is 198 Å². The molecule has 1 aliphatic heterocycles. The van der Waals surface area contributed by atoms with Gasteiger partial charge in [0.15, 0.2) is 5.75 Å². The highest BCUT2D eigenvalue weighted by atomic mass is 79.9. The molecule has 0 aliphatic carbocycles. The van der Waals surface area contributed by atoms with Crippen LogP contribution in [0.15, 0.2) is 76.2 Å². The Morgan fingerprint density at radius 3 is 2.45 bits per heavy atom. The lowest BCUT2D eigenvalue weighted by Gasteiger charge is -2.33. The average Bonchev–Trinajstić information content (AvgIpc) is 2.81. The number of carbonyl (C=O) groups is 1. The summed E-state index contributed by atoms with van der Waals surface area (Å²) in [4.78, 5) is 27.9. The van der Waals surface area contributed by atoms with Gasteiger partial charge in [0.05, 0.1) is 29.2 Å². The molecule has 1 heterocycles. The van der Waals surface area contributed by atoms with Crippen molar-refractivity contribution in [2.24, 2.45) is 4.99 Å². The smallest absolute Gasteiger partial charge is 0.341 e. The fourth-order valence-corrected chi connectivity index (χ4v) is 4.20. The number of nitro groups is 1. The Balaban J connectivity index is 1.92. The topological polar surface area (TPSA) is 114 Å². The highest BCUT2D eigenvalue weighted by Crippen LogP contribution is 2.43. The second-order valence-electron chi connectivity index (χ2n) is 7.40. The van der Waals surface area contributed by atoms with Gasteiger partial charge in [-0.15, -0.1) is 0 Å². The van der Waals surface area contributed by atoms with E-state index in [9.17, 15) is 20.0 Å². The number of nitrogens with zero attached hydrogens (tertiary/aromatic N) is 2. The van der Waals surface area contributed by atoms with Crippen LogP contribution in [0.25, 0.3) is 0 Å². The molecule has 1 aliphatic rings. The summed E-state index contributed by atoms with van der Waals surface area (Å²) in [6.45, 7) is 1.92. The van der Waals surface area contributed by atoms with Gasteiger partial charge in [0.2, 0.25) is 5.75 Å². The van der Waals surface area contributed by atoms with E-state index in [1.165, 1.54) is 12.1 Å². The molecule has 2 amide bonds. The Morgan fingerprint density at radius 1 is 1.12 bits per heavy atom. The van der Waals surface area contributed by atoms with E-state index in [0.717, 1.165) is 15.6 Å². The fraction of sp³-hybridized carbons (Fsp3) is 0.167. The number of hydrogen-bond acceptors (Lipinski definition) is 5. The van der Waals surface area contributed by atoms with Gasteiger partial charge in [0, 0.05) is 10.5 Å². The molecule has 0 bridgehead atoms. The number of nitrogens with one attached hydrogen (secondary N) is 1. The van der Waals surface area contributed by atoms with Gasteiger partial charge in [0.25, 0.3) is 0 Å². The third-order valence-electron chi connectivity index (χ3n) is 5.36. The number of nitro benzene ring substituents is 1. The van der Waals surface area contributed by atoms with Crippen molar-refractivity contribution < 1.29 is 19.6 Å². The van der Waals surface area contributed by atoms with E-state index in [0.29, 0.717) is 11.3 Å². The molecule has 4 rings (SSSR count). The van der Waals surface area contributed by atoms with Crippen LogP contribution in [0, 0.1) is 10.1 Å². The Morgan fingerprint density at radius 2 is 1.82 bits per heavy atom. The van der Waals surface area contributed by atoms with E-state index in [4.69, 9.17) is 4.74 Å². The van der Waals surface area contributed by atoms with Crippen LogP contribution in [0.2, 0.25) is 0 Å². The molecule has 0 saturated heterocycles. The summed E-state index contributed by atoms with van der Waals surface area (Å²) >= 11 is 3.42. The molecular weight excluding hydrogens is 490 g/mol. The quantitative estimate of drug-likeness (QED) is 0.336. The van der Waals surface area contributed by atoms with Gasteiger partial charge in [-0.3, -0.25) is 10.1 Å². The van der Waals surface area contributed by atoms with Crippen molar-refractivity contribution in [1.29, 1.82) is 0 Å². The molecule has 168 valence electrons. The van der Waals surface area contributed by atoms with Gasteiger partial charge in [-0.2, -0.15) is 4.99 Å². The van der Waals surface area contributed by atoms with Gasteiger partial charge >= 0.3 is 11.7 Å². The minimum atomic E-state index is -0.686. The molecule has 2 N–H and O–H groups in total. The summed E-state index contributed by atoms with van der Waals surface area (Å²) in [7, 11) is 0. The summed E-state index contributed by atoms with van der Waals surface area (Å²) in [6, 6.07) is 18.5. The monoisotopic (exact) mass is 509 g/mol. The van der Waals surface area contributed by atoms with E-state index in [1.807, 2.05) is 54.6 Å². The lowest BCUT2D eigenvalue weighted by atomic mass is 9.80. The molecule has 0 fully saturated rings. The summed E-state index contributed by atoms with van der Waals surface area (Å²) in [5, 5.41) is 24.8. The molecule has 8 nitrogen and oxygen atoms in total. The maximum atomic E-state index is 12.6. The first-order chi connectivity index (χ1) is 15.9. The first-order valence-corrected chi connectivity index (χ1v) is 11.0. The first-order valence-electron chi connectivity index (χ1n) is 10.2.